The van der Waals surface area contributed by atoms with Gasteiger partial charge in [-0.25, -0.2) is 0 Å². The van der Waals surface area contributed by atoms with Crippen LogP contribution in [0.5, 0.6) is 0 Å². The standard InChI is InChI=1S/C16H27N/c1-3-4-5-6-9-15-12-11-14(2)16-10-7-8-13-17(15)16/h3-5,14-16H,1,6-13H2,2H3/b5-4+. The second-order valence-corrected chi connectivity index (χ2v) is 5.75. The third kappa shape index (κ3) is 3.22. The van der Waals surface area contributed by atoms with Crippen molar-refractivity contribution in [2.24, 2.45) is 5.92 Å². The molecule has 0 aliphatic carbocycles. The molecule has 96 valence electrons. The van der Waals surface area contributed by atoms with E-state index in [0.717, 1.165) is 18.0 Å². The van der Waals surface area contributed by atoms with Crippen LogP contribution in [-0.4, -0.2) is 23.5 Å². The molecule has 2 saturated heterocycles. The molecule has 17 heavy (non-hydrogen) atoms. The van der Waals surface area contributed by atoms with Gasteiger partial charge in [0.2, 0.25) is 0 Å². The quantitative estimate of drug-likeness (QED) is 0.659. The predicted octanol–water partition coefficient (Wildman–Crippen LogP) is 4.16. The second kappa shape index (κ2) is 6.39. The topological polar surface area (TPSA) is 3.24 Å². The second-order valence-electron chi connectivity index (χ2n) is 5.75. The van der Waals surface area contributed by atoms with Gasteiger partial charge in [-0.3, -0.25) is 4.90 Å². The molecular formula is C16H27N. The van der Waals surface area contributed by atoms with Gasteiger partial charge in [-0.2, -0.15) is 0 Å². The number of fused-ring (bicyclic) bond motifs is 1. The Kier molecular flexibility index (Phi) is 4.85. The zero-order valence-electron chi connectivity index (χ0n) is 11.3. The van der Waals surface area contributed by atoms with E-state index in [0.29, 0.717) is 0 Å². The lowest BCUT2D eigenvalue weighted by molar-refractivity contribution is 0.0149. The first-order chi connectivity index (χ1) is 8.33. The third-order valence-corrected chi connectivity index (χ3v) is 4.61. The molecule has 0 bridgehead atoms. The molecule has 2 fully saturated rings. The number of piperidine rings is 2. The molecule has 1 nitrogen and oxygen atoms in total. The fourth-order valence-electron chi connectivity index (χ4n) is 3.65. The van der Waals surface area contributed by atoms with E-state index in [1.54, 1.807) is 0 Å². The Morgan fingerprint density at radius 1 is 1.24 bits per heavy atom. The van der Waals surface area contributed by atoms with E-state index in [9.17, 15) is 0 Å². The van der Waals surface area contributed by atoms with Crippen molar-refractivity contribution in [2.45, 2.75) is 64.0 Å². The maximum atomic E-state index is 3.72. The van der Waals surface area contributed by atoms with Crippen LogP contribution in [0, 0.1) is 5.92 Å². The minimum Gasteiger partial charge on any atom is -0.297 e. The molecule has 0 N–H and O–H groups in total. The molecule has 0 amide bonds. The van der Waals surface area contributed by atoms with Crippen molar-refractivity contribution in [3.05, 3.63) is 24.8 Å². The summed E-state index contributed by atoms with van der Waals surface area (Å²) in [4.78, 5) is 2.83. The van der Waals surface area contributed by atoms with Crippen molar-refractivity contribution in [2.75, 3.05) is 6.54 Å². The van der Waals surface area contributed by atoms with E-state index >= 15 is 0 Å². The minimum absolute atomic E-state index is 0.853. The van der Waals surface area contributed by atoms with E-state index in [1.807, 2.05) is 6.08 Å². The Balaban J connectivity index is 1.88. The predicted molar refractivity (Wildman–Crippen MR) is 75.1 cm³/mol. The van der Waals surface area contributed by atoms with Gasteiger partial charge in [0, 0.05) is 12.1 Å². The summed E-state index contributed by atoms with van der Waals surface area (Å²) in [5.41, 5.74) is 0. The van der Waals surface area contributed by atoms with Crippen LogP contribution in [0.2, 0.25) is 0 Å². The molecule has 0 saturated carbocycles. The van der Waals surface area contributed by atoms with Gasteiger partial charge >= 0.3 is 0 Å². The van der Waals surface area contributed by atoms with Gasteiger partial charge in [-0.1, -0.05) is 38.2 Å². The van der Waals surface area contributed by atoms with Crippen molar-refractivity contribution in [1.29, 1.82) is 0 Å². The summed E-state index contributed by atoms with van der Waals surface area (Å²) in [5, 5.41) is 0. The first-order valence-corrected chi connectivity index (χ1v) is 7.36. The van der Waals surface area contributed by atoms with Crippen LogP contribution in [0.4, 0.5) is 0 Å². The summed E-state index contributed by atoms with van der Waals surface area (Å²) >= 11 is 0. The highest BCUT2D eigenvalue weighted by Crippen LogP contribution is 2.35. The normalized spacial score (nSPS) is 34.8. The van der Waals surface area contributed by atoms with Crippen LogP contribution < -0.4 is 0 Å². The van der Waals surface area contributed by atoms with Crippen molar-refractivity contribution < 1.29 is 0 Å². The van der Waals surface area contributed by atoms with Gasteiger partial charge in [0.25, 0.3) is 0 Å². The molecule has 3 atom stereocenters. The van der Waals surface area contributed by atoms with Crippen LogP contribution in [0.15, 0.2) is 24.8 Å². The van der Waals surface area contributed by atoms with Crippen LogP contribution in [0.3, 0.4) is 0 Å². The first-order valence-electron chi connectivity index (χ1n) is 7.36. The summed E-state index contributed by atoms with van der Waals surface area (Å²) in [6, 6.07) is 1.75. The molecule has 2 rings (SSSR count). The number of hydrogen-bond acceptors (Lipinski definition) is 1. The molecule has 3 unspecified atom stereocenters. The Hall–Kier alpha value is -0.560. The molecular weight excluding hydrogens is 206 g/mol. The first kappa shape index (κ1) is 12.9. The highest BCUT2D eigenvalue weighted by atomic mass is 15.2. The summed E-state index contributed by atoms with van der Waals surface area (Å²) in [6.07, 6.45) is 16.0. The van der Waals surface area contributed by atoms with Gasteiger partial charge in [0.15, 0.2) is 0 Å². The van der Waals surface area contributed by atoms with E-state index in [2.05, 4.69) is 30.6 Å². The molecule has 0 radical (unpaired) electrons. The molecule has 2 heterocycles. The van der Waals surface area contributed by atoms with Crippen LogP contribution in [0.1, 0.15) is 51.9 Å². The van der Waals surface area contributed by atoms with Crippen LogP contribution in [-0.2, 0) is 0 Å². The monoisotopic (exact) mass is 233 g/mol. The molecule has 0 aromatic heterocycles. The van der Waals surface area contributed by atoms with Crippen LogP contribution >= 0.6 is 0 Å². The van der Waals surface area contributed by atoms with Crippen molar-refractivity contribution in [1.82, 2.24) is 4.90 Å². The largest absolute Gasteiger partial charge is 0.297 e. The fourth-order valence-corrected chi connectivity index (χ4v) is 3.65. The van der Waals surface area contributed by atoms with Gasteiger partial charge in [0.05, 0.1) is 0 Å². The summed E-state index contributed by atoms with van der Waals surface area (Å²) in [6.45, 7) is 7.53. The van der Waals surface area contributed by atoms with E-state index in [1.165, 1.54) is 51.5 Å². The number of nitrogens with zero attached hydrogens (tertiary/aromatic N) is 1. The van der Waals surface area contributed by atoms with Gasteiger partial charge in [-0.05, 0) is 51.0 Å². The van der Waals surface area contributed by atoms with Gasteiger partial charge in [0.1, 0.15) is 0 Å². The lowest BCUT2D eigenvalue weighted by atomic mass is 9.80. The van der Waals surface area contributed by atoms with Gasteiger partial charge < -0.3 is 0 Å². The van der Waals surface area contributed by atoms with E-state index in [-0.39, 0.29) is 0 Å². The number of rotatable bonds is 4. The smallest absolute Gasteiger partial charge is 0.0124 e. The lowest BCUT2D eigenvalue weighted by Gasteiger charge is -2.48. The molecule has 2 aliphatic heterocycles. The van der Waals surface area contributed by atoms with Crippen molar-refractivity contribution in [3.63, 3.8) is 0 Å². The van der Waals surface area contributed by atoms with E-state index in [4.69, 9.17) is 0 Å². The number of hydrogen-bond donors (Lipinski definition) is 0. The zero-order chi connectivity index (χ0) is 12.1. The van der Waals surface area contributed by atoms with E-state index < -0.39 is 0 Å². The van der Waals surface area contributed by atoms with Crippen molar-refractivity contribution >= 4 is 0 Å². The maximum Gasteiger partial charge on any atom is 0.0124 e. The minimum atomic E-state index is 0.853. The highest BCUT2D eigenvalue weighted by Gasteiger charge is 2.35. The van der Waals surface area contributed by atoms with Crippen LogP contribution in [0.25, 0.3) is 0 Å². The Bertz CT molecular complexity index is 269. The molecule has 0 aromatic rings. The summed E-state index contributed by atoms with van der Waals surface area (Å²) in [7, 11) is 0. The lowest BCUT2D eigenvalue weighted by Crippen LogP contribution is -2.52. The molecule has 2 aliphatic rings. The summed E-state index contributed by atoms with van der Waals surface area (Å²) < 4.78 is 0. The van der Waals surface area contributed by atoms with Crippen molar-refractivity contribution in [3.8, 4) is 0 Å². The SMILES string of the molecule is C=C/C=C/CCC1CCC(C)C2CCCCN12. The number of allylic oxidation sites excluding steroid dienone is 3. The molecule has 0 aromatic carbocycles. The van der Waals surface area contributed by atoms with Gasteiger partial charge in [-0.15, -0.1) is 0 Å². The fraction of sp³-hybridized carbons (Fsp3) is 0.750. The Labute approximate surface area is 107 Å². The maximum absolute atomic E-state index is 3.72. The Morgan fingerprint density at radius 2 is 2.12 bits per heavy atom. The summed E-state index contributed by atoms with van der Waals surface area (Å²) in [5.74, 6) is 0.926. The Morgan fingerprint density at radius 3 is 2.94 bits per heavy atom. The molecule has 0 spiro atoms. The molecule has 1 heteroatoms. The highest BCUT2D eigenvalue weighted by molar-refractivity contribution is 4.98. The average Bonchev–Trinajstić information content (AvgIpc) is 2.37. The average molecular weight is 233 g/mol. The zero-order valence-corrected chi connectivity index (χ0v) is 11.3. The third-order valence-electron chi connectivity index (χ3n) is 4.61.